The molecule has 1 atom stereocenters. The first-order valence-electron chi connectivity index (χ1n) is 7.49. The zero-order valence-corrected chi connectivity index (χ0v) is 13.5. The molecule has 0 fully saturated rings. The van der Waals surface area contributed by atoms with Gasteiger partial charge in [-0.2, -0.15) is 0 Å². The number of anilines is 1. The molecule has 0 aliphatic rings. The number of benzene rings is 1. The lowest BCUT2D eigenvalue weighted by atomic mass is 9.96. The van der Waals surface area contributed by atoms with Crippen molar-refractivity contribution in [2.75, 3.05) is 11.9 Å². The van der Waals surface area contributed by atoms with Crippen LogP contribution in [0, 0.1) is 12.8 Å². The minimum atomic E-state index is 0.0428. The number of fused-ring (bicyclic) bond motifs is 1. The Morgan fingerprint density at radius 1 is 1.43 bits per heavy atom. The molecule has 3 N–H and O–H groups in total. The quantitative estimate of drug-likeness (QED) is 0.819. The summed E-state index contributed by atoms with van der Waals surface area (Å²) in [6.45, 7) is 4.89. The van der Waals surface area contributed by atoms with Gasteiger partial charge in [-0.25, -0.2) is 4.98 Å². The van der Waals surface area contributed by atoms with E-state index in [9.17, 15) is 4.79 Å². The van der Waals surface area contributed by atoms with Crippen LogP contribution in [0.3, 0.4) is 0 Å². The Labute approximate surface area is 129 Å². The minimum Gasteiger partial charge on any atom is -0.330 e. The average molecular weight is 305 g/mol. The van der Waals surface area contributed by atoms with E-state index in [1.54, 1.807) is 0 Å². The number of hydrogen-bond donors (Lipinski definition) is 2. The van der Waals surface area contributed by atoms with Crippen LogP contribution in [0.1, 0.15) is 38.2 Å². The van der Waals surface area contributed by atoms with Gasteiger partial charge in [-0.3, -0.25) is 4.79 Å². The van der Waals surface area contributed by atoms with Crippen LogP contribution in [0.25, 0.3) is 10.2 Å². The van der Waals surface area contributed by atoms with E-state index in [-0.39, 0.29) is 5.91 Å². The summed E-state index contributed by atoms with van der Waals surface area (Å²) in [4.78, 5) is 16.4. The Balaban J connectivity index is 1.92. The number of nitrogens with two attached hydrogens (primary N) is 1. The number of aryl methyl sites for hydroxylation is 1. The molecule has 1 aromatic heterocycles. The Hall–Kier alpha value is -1.46. The molecule has 0 aliphatic heterocycles. The number of carbonyl (C=O) groups is 1. The van der Waals surface area contributed by atoms with E-state index < -0.39 is 0 Å². The van der Waals surface area contributed by atoms with Crippen LogP contribution >= 0.6 is 11.3 Å². The van der Waals surface area contributed by atoms with Crippen LogP contribution in [0.2, 0.25) is 0 Å². The molecule has 0 radical (unpaired) electrons. The van der Waals surface area contributed by atoms with Crippen molar-refractivity contribution in [1.29, 1.82) is 0 Å². The fraction of sp³-hybridized carbons (Fsp3) is 0.500. The number of nitrogens with one attached hydrogen (secondary N) is 1. The molecule has 5 heteroatoms. The van der Waals surface area contributed by atoms with E-state index in [2.05, 4.69) is 30.2 Å². The summed E-state index contributed by atoms with van der Waals surface area (Å²) in [5, 5.41) is 3.60. The van der Waals surface area contributed by atoms with Crippen molar-refractivity contribution in [2.45, 2.75) is 39.5 Å². The van der Waals surface area contributed by atoms with Gasteiger partial charge in [-0.15, -0.1) is 0 Å². The number of thiazole rings is 1. The van der Waals surface area contributed by atoms with E-state index in [0.717, 1.165) is 29.5 Å². The molecule has 1 amide bonds. The maximum Gasteiger partial charge on any atom is 0.226 e. The maximum absolute atomic E-state index is 12.0. The van der Waals surface area contributed by atoms with Crippen LogP contribution in [0.5, 0.6) is 0 Å². The second-order valence-electron chi connectivity index (χ2n) is 5.43. The number of rotatable bonds is 7. The molecular weight excluding hydrogens is 282 g/mol. The molecule has 0 spiro atoms. The van der Waals surface area contributed by atoms with Crippen LogP contribution in [-0.2, 0) is 4.79 Å². The third kappa shape index (κ3) is 4.51. The molecule has 1 unspecified atom stereocenters. The molecule has 0 bridgehead atoms. The highest BCUT2D eigenvalue weighted by Gasteiger charge is 2.11. The maximum atomic E-state index is 12.0. The zero-order valence-electron chi connectivity index (χ0n) is 12.7. The van der Waals surface area contributed by atoms with Crippen molar-refractivity contribution in [2.24, 2.45) is 11.7 Å². The third-order valence-corrected chi connectivity index (χ3v) is 4.66. The summed E-state index contributed by atoms with van der Waals surface area (Å²) >= 11 is 1.53. The van der Waals surface area contributed by atoms with E-state index in [0.29, 0.717) is 24.0 Å². The Kier molecular flexibility index (Phi) is 5.70. The lowest BCUT2D eigenvalue weighted by molar-refractivity contribution is -0.116. The van der Waals surface area contributed by atoms with E-state index in [4.69, 9.17) is 5.73 Å². The van der Waals surface area contributed by atoms with Crippen molar-refractivity contribution in [3.8, 4) is 0 Å². The van der Waals surface area contributed by atoms with Crippen LogP contribution in [0.4, 0.5) is 5.13 Å². The van der Waals surface area contributed by atoms with Crippen molar-refractivity contribution in [1.82, 2.24) is 4.98 Å². The highest BCUT2D eigenvalue weighted by Crippen LogP contribution is 2.27. The largest absolute Gasteiger partial charge is 0.330 e. The van der Waals surface area contributed by atoms with Gasteiger partial charge < -0.3 is 11.1 Å². The Bertz CT molecular complexity index is 609. The fourth-order valence-corrected chi connectivity index (χ4v) is 3.37. The molecule has 0 saturated heterocycles. The standard InChI is InChI=1S/C16H23N3OS/c1-3-12(8-9-17)5-7-15(20)19-16-18-13-6-4-11(2)10-14(13)21-16/h4,6,10,12H,3,5,7-9,17H2,1-2H3,(H,18,19,20). The number of hydrogen-bond acceptors (Lipinski definition) is 4. The lowest BCUT2D eigenvalue weighted by Crippen LogP contribution is -2.14. The molecule has 1 aromatic carbocycles. The summed E-state index contributed by atoms with van der Waals surface area (Å²) in [5.74, 6) is 0.583. The van der Waals surface area contributed by atoms with Crippen molar-refractivity contribution in [3.63, 3.8) is 0 Å². The molecule has 114 valence electrons. The molecule has 2 rings (SSSR count). The highest BCUT2D eigenvalue weighted by molar-refractivity contribution is 7.22. The van der Waals surface area contributed by atoms with Gasteiger partial charge in [0.15, 0.2) is 5.13 Å². The monoisotopic (exact) mass is 305 g/mol. The SMILES string of the molecule is CCC(CCN)CCC(=O)Nc1nc2ccc(C)cc2s1. The minimum absolute atomic E-state index is 0.0428. The molecule has 0 aliphatic carbocycles. The van der Waals surface area contributed by atoms with Gasteiger partial charge in [0, 0.05) is 6.42 Å². The van der Waals surface area contributed by atoms with E-state index in [1.165, 1.54) is 16.9 Å². The summed E-state index contributed by atoms with van der Waals surface area (Å²) in [5.41, 5.74) is 7.73. The van der Waals surface area contributed by atoms with Crippen LogP contribution in [0.15, 0.2) is 18.2 Å². The first kappa shape index (κ1) is 15.9. The van der Waals surface area contributed by atoms with Crippen LogP contribution in [-0.4, -0.2) is 17.4 Å². The summed E-state index contributed by atoms with van der Waals surface area (Å²) in [6.07, 6.45) is 3.49. The number of aromatic nitrogens is 1. The van der Waals surface area contributed by atoms with Gasteiger partial charge in [-0.05, 0) is 49.9 Å². The third-order valence-electron chi connectivity index (χ3n) is 3.72. The predicted octanol–water partition coefficient (Wildman–Crippen LogP) is 3.70. The van der Waals surface area contributed by atoms with Crippen LogP contribution < -0.4 is 11.1 Å². The number of nitrogens with zero attached hydrogens (tertiary/aromatic N) is 1. The first-order chi connectivity index (χ1) is 10.1. The molecular formula is C16H23N3OS. The van der Waals surface area contributed by atoms with E-state index in [1.807, 2.05) is 12.1 Å². The molecule has 1 heterocycles. The smallest absolute Gasteiger partial charge is 0.226 e. The second kappa shape index (κ2) is 7.52. The molecule has 21 heavy (non-hydrogen) atoms. The fourth-order valence-electron chi connectivity index (χ4n) is 2.39. The first-order valence-corrected chi connectivity index (χ1v) is 8.31. The predicted molar refractivity (Wildman–Crippen MR) is 89.7 cm³/mol. The van der Waals surface area contributed by atoms with Gasteiger partial charge in [0.1, 0.15) is 0 Å². The average Bonchev–Trinajstić information content (AvgIpc) is 2.84. The number of carbonyl (C=O) groups excluding carboxylic acids is 1. The van der Waals surface area contributed by atoms with Gasteiger partial charge in [-0.1, -0.05) is 30.7 Å². The normalized spacial score (nSPS) is 12.5. The van der Waals surface area contributed by atoms with Gasteiger partial charge in [0.05, 0.1) is 10.2 Å². The lowest BCUT2D eigenvalue weighted by Gasteiger charge is -2.12. The molecule has 0 saturated carbocycles. The Morgan fingerprint density at radius 3 is 2.95 bits per heavy atom. The van der Waals surface area contributed by atoms with Crippen molar-refractivity contribution in [3.05, 3.63) is 23.8 Å². The second-order valence-corrected chi connectivity index (χ2v) is 6.46. The molecule has 4 nitrogen and oxygen atoms in total. The van der Waals surface area contributed by atoms with Crippen molar-refractivity contribution < 1.29 is 4.79 Å². The highest BCUT2D eigenvalue weighted by atomic mass is 32.1. The van der Waals surface area contributed by atoms with Gasteiger partial charge in [0.25, 0.3) is 0 Å². The van der Waals surface area contributed by atoms with Gasteiger partial charge >= 0.3 is 0 Å². The van der Waals surface area contributed by atoms with Crippen molar-refractivity contribution >= 4 is 32.6 Å². The topological polar surface area (TPSA) is 68.0 Å². The summed E-state index contributed by atoms with van der Waals surface area (Å²) in [7, 11) is 0. The number of amides is 1. The van der Waals surface area contributed by atoms with Gasteiger partial charge in [0.2, 0.25) is 5.91 Å². The zero-order chi connectivity index (χ0) is 15.2. The summed E-state index contributed by atoms with van der Waals surface area (Å²) in [6, 6.07) is 6.12. The molecule has 2 aromatic rings. The van der Waals surface area contributed by atoms with E-state index >= 15 is 0 Å². The summed E-state index contributed by atoms with van der Waals surface area (Å²) < 4.78 is 1.11. The Morgan fingerprint density at radius 2 is 2.24 bits per heavy atom.